The van der Waals surface area contributed by atoms with Crippen LogP contribution in [0.1, 0.15) is 56.2 Å². The van der Waals surface area contributed by atoms with Crippen LogP contribution in [0, 0.1) is 11.3 Å². The summed E-state index contributed by atoms with van der Waals surface area (Å²) in [5, 5.41) is 13.9. The zero-order chi connectivity index (χ0) is 21.6. The molecule has 0 spiro atoms. The molecule has 2 aromatic rings. The Bertz CT molecular complexity index is 945. The molecule has 4 rings (SSSR count). The first-order chi connectivity index (χ1) is 15.2. The number of nitriles is 1. The molecule has 2 aliphatic rings. The van der Waals surface area contributed by atoms with Gasteiger partial charge in [-0.05, 0) is 50.2 Å². The normalized spacial score (nSPS) is 18.0. The molecule has 1 aliphatic heterocycles. The largest absolute Gasteiger partial charge is 0.493 e. The molecule has 6 heteroatoms. The van der Waals surface area contributed by atoms with E-state index in [1.54, 1.807) is 14.2 Å². The molecule has 0 atom stereocenters. The molecule has 0 amide bonds. The number of fused-ring (bicyclic) bond motifs is 2. The first kappa shape index (κ1) is 21.7. The molecule has 2 heterocycles. The number of rotatable bonds is 6. The highest BCUT2D eigenvalue weighted by Crippen LogP contribution is 2.39. The van der Waals surface area contributed by atoms with Gasteiger partial charge in [0.15, 0.2) is 11.5 Å². The second-order valence-electron chi connectivity index (χ2n) is 8.72. The van der Waals surface area contributed by atoms with E-state index in [0.29, 0.717) is 12.5 Å². The number of ether oxygens (including phenoxy) is 2. The maximum Gasteiger partial charge on any atom is 0.162 e. The van der Waals surface area contributed by atoms with Crippen LogP contribution in [-0.4, -0.2) is 49.8 Å². The lowest BCUT2D eigenvalue weighted by Crippen LogP contribution is -2.39. The Morgan fingerprint density at radius 1 is 1.06 bits per heavy atom. The predicted octanol–water partition coefficient (Wildman–Crippen LogP) is 4.70. The zero-order valence-electron chi connectivity index (χ0n) is 18.9. The fraction of sp³-hybridized carbons (Fsp3) is 0.600. The Morgan fingerprint density at radius 3 is 2.48 bits per heavy atom. The van der Waals surface area contributed by atoms with Crippen LogP contribution in [0.5, 0.6) is 11.5 Å². The number of hydrogen-bond donors (Lipinski definition) is 1. The van der Waals surface area contributed by atoms with Crippen molar-refractivity contribution in [2.45, 2.75) is 63.8 Å². The van der Waals surface area contributed by atoms with Crippen molar-refractivity contribution in [2.75, 3.05) is 39.2 Å². The number of aryl methyl sites for hydroxylation is 1. The lowest BCUT2D eigenvalue weighted by atomic mass is 9.93. The van der Waals surface area contributed by atoms with Crippen LogP contribution >= 0.6 is 0 Å². The third-order valence-corrected chi connectivity index (χ3v) is 6.74. The van der Waals surface area contributed by atoms with Gasteiger partial charge in [0.2, 0.25) is 0 Å². The van der Waals surface area contributed by atoms with E-state index in [4.69, 9.17) is 19.7 Å². The SMILES string of the molecule is COc1cc2nc3c(c(NC4CCN(CCC#N)CC4)c2cc1OC)CCCCCC3. The van der Waals surface area contributed by atoms with E-state index < -0.39 is 0 Å². The standard InChI is InChI=1S/C25H34N4O2/c1-30-23-16-20-22(17-24(23)31-2)28-21-9-6-4-3-5-8-19(21)25(20)27-18-10-14-29(15-11-18)13-7-12-26/h16-18H,3-11,13-15H2,1-2H3,(H,27,28). The third-order valence-electron chi connectivity index (χ3n) is 6.74. The van der Waals surface area contributed by atoms with Crippen molar-refractivity contribution in [3.05, 3.63) is 23.4 Å². The molecule has 0 radical (unpaired) electrons. The van der Waals surface area contributed by atoms with Crippen molar-refractivity contribution >= 4 is 16.6 Å². The van der Waals surface area contributed by atoms with Gasteiger partial charge in [0.25, 0.3) is 0 Å². The second-order valence-corrected chi connectivity index (χ2v) is 8.72. The summed E-state index contributed by atoms with van der Waals surface area (Å²) in [6.07, 6.45) is 9.92. The molecule has 0 unspecified atom stereocenters. The first-order valence-electron chi connectivity index (χ1n) is 11.7. The molecule has 1 aromatic carbocycles. The fourth-order valence-corrected chi connectivity index (χ4v) is 4.98. The maximum absolute atomic E-state index is 8.87. The van der Waals surface area contributed by atoms with Crippen LogP contribution in [0.2, 0.25) is 0 Å². The maximum atomic E-state index is 8.87. The molecule has 6 nitrogen and oxygen atoms in total. The summed E-state index contributed by atoms with van der Waals surface area (Å²) in [4.78, 5) is 7.49. The average molecular weight is 423 g/mol. The minimum atomic E-state index is 0.437. The van der Waals surface area contributed by atoms with E-state index >= 15 is 0 Å². The van der Waals surface area contributed by atoms with Gasteiger partial charge in [0, 0.05) is 54.9 Å². The molecular formula is C25H34N4O2. The smallest absolute Gasteiger partial charge is 0.162 e. The fourth-order valence-electron chi connectivity index (χ4n) is 4.98. The quantitative estimate of drug-likeness (QED) is 0.728. The summed E-state index contributed by atoms with van der Waals surface area (Å²) in [6.45, 7) is 2.97. The molecule has 1 aliphatic carbocycles. The number of nitrogens with one attached hydrogen (secondary N) is 1. The van der Waals surface area contributed by atoms with E-state index in [1.807, 2.05) is 6.07 Å². The Morgan fingerprint density at radius 2 is 1.77 bits per heavy atom. The topological polar surface area (TPSA) is 70.4 Å². The van der Waals surface area contributed by atoms with Gasteiger partial charge in [-0.1, -0.05) is 12.8 Å². The molecule has 166 valence electrons. The zero-order valence-corrected chi connectivity index (χ0v) is 18.9. The minimum absolute atomic E-state index is 0.437. The van der Waals surface area contributed by atoms with Crippen molar-refractivity contribution in [2.24, 2.45) is 0 Å². The Labute approximate surface area is 185 Å². The van der Waals surface area contributed by atoms with Crippen molar-refractivity contribution in [3.8, 4) is 17.6 Å². The van der Waals surface area contributed by atoms with Gasteiger partial charge in [-0.3, -0.25) is 4.98 Å². The van der Waals surface area contributed by atoms with Crippen molar-refractivity contribution < 1.29 is 9.47 Å². The molecule has 1 saturated heterocycles. The van der Waals surface area contributed by atoms with Crippen LogP contribution in [-0.2, 0) is 12.8 Å². The molecule has 1 N–H and O–H groups in total. The van der Waals surface area contributed by atoms with Gasteiger partial charge < -0.3 is 19.7 Å². The molecule has 0 bridgehead atoms. The summed E-state index contributed by atoms with van der Waals surface area (Å²) in [5.41, 5.74) is 4.86. The Hall–Kier alpha value is -2.52. The molecular weight excluding hydrogens is 388 g/mol. The van der Waals surface area contributed by atoms with Crippen LogP contribution in [0.15, 0.2) is 12.1 Å². The lowest BCUT2D eigenvalue weighted by Gasteiger charge is -2.33. The number of pyridine rings is 1. The van der Waals surface area contributed by atoms with Crippen molar-refractivity contribution in [1.29, 1.82) is 5.26 Å². The highest BCUT2D eigenvalue weighted by molar-refractivity contribution is 5.96. The van der Waals surface area contributed by atoms with Crippen LogP contribution < -0.4 is 14.8 Å². The van der Waals surface area contributed by atoms with E-state index in [1.165, 1.54) is 42.6 Å². The molecule has 1 fully saturated rings. The van der Waals surface area contributed by atoms with E-state index in [2.05, 4.69) is 22.4 Å². The highest BCUT2D eigenvalue weighted by Gasteiger charge is 2.23. The number of piperidine rings is 1. The van der Waals surface area contributed by atoms with Gasteiger partial charge in [-0.15, -0.1) is 0 Å². The summed E-state index contributed by atoms with van der Waals surface area (Å²) < 4.78 is 11.2. The predicted molar refractivity (Wildman–Crippen MR) is 124 cm³/mol. The van der Waals surface area contributed by atoms with Crippen molar-refractivity contribution in [3.63, 3.8) is 0 Å². The summed E-state index contributed by atoms with van der Waals surface area (Å²) >= 11 is 0. The number of likely N-dealkylation sites (tertiary alicyclic amines) is 1. The van der Waals surface area contributed by atoms with E-state index in [0.717, 1.165) is 67.7 Å². The van der Waals surface area contributed by atoms with Crippen LogP contribution in [0.25, 0.3) is 10.9 Å². The molecule has 31 heavy (non-hydrogen) atoms. The number of benzene rings is 1. The first-order valence-corrected chi connectivity index (χ1v) is 11.7. The number of nitrogens with zero attached hydrogens (tertiary/aromatic N) is 3. The van der Waals surface area contributed by atoms with Gasteiger partial charge >= 0.3 is 0 Å². The van der Waals surface area contributed by atoms with Gasteiger partial charge in [-0.2, -0.15) is 5.26 Å². The van der Waals surface area contributed by atoms with Gasteiger partial charge in [0.05, 0.1) is 25.8 Å². The number of methoxy groups -OCH3 is 2. The van der Waals surface area contributed by atoms with Crippen LogP contribution in [0.4, 0.5) is 5.69 Å². The minimum Gasteiger partial charge on any atom is -0.493 e. The number of aromatic nitrogens is 1. The summed E-state index contributed by atoms with van der Waals surface area (Å²) in [5.74, 6) is 1.47. The van der Waals surface area contributed by atoms with Crippen molar-refractivity contribution in [1.82, 2.24) is 9.88 Å². The average Bonchev–Trinajstić information content (AvgIpc) is 2.78. The van der Waals surface area contributed by atoms with E-state index in [9.17, 15) is 0 Å². The van der Waals surface area contributed by atoms with E-state index in [-0.39, 0.29) is 0 Å². The number of hydrogen-bond acceptors (Lipinski definition) is 6. The second kappa shape index (κ2) is 10.2. The highest BCUT2D eigenvalue weighted by atomic mass is 16.5. The number of anilines is 1. The third kappa shape index (κ3) is 4.88. The molecule has 1 aromatic heterocycles. The summed E-state index contributed by atoms with van der Waals surface area (Å²) in [6, 6.07) is 6.81. The Balaban J connectivity index is 1.69. The Kier molecular flexibility index (Phi) is 7.14. The van der Waals surface area contributed by atoms with Crippen LogP contribution in [0.3, 0.4) is 0 Å². The van der Waals surface area contributed by atoms with Gasteiger partial charge in [-0.25, -0.2) is 0 Å². The molecule has 0 saturated carbocycles. The monoisotopic (exact) mass is 422 g/mol. The summed E-state index contributed by atoms with van der Waals surface area (Å²) in [7, 11) is 3.37. The lowest BCUT2D eigenvalue weighted by molar-refractivity contribution is 0.223. The van der Waals surface area contributed by atoms with Gasteiger partial charge in [0.1, 0.15) is 0 Å².